The van der Waals surface area contributed by atoms with Gasteiger partial charge in [0, 0.05) is 12.6 Å². The number of fused-ring (bicyclic) bond motifs is 1. The molecule has 0 saturated carbocycles. The fourth-order valence-electron chi connectivity index (χ4n) is 1.91. The number of nitrogens with zero attached hydrogens (tertiary/aromatic N) is 1. The topological polar surface area (TPSA) is 81.2 Å². The summed E-state index contributed by atoms with van der Waals surface area (Å²) in [6.45, 7) is 3.87. The molecule has 0 saturated heterocycles. The van der Waals surface area contributed by atoms with Gasteiger partial charge >= 0.3 is 0 Å². The summed E-state index contributed by atoms with van der Waals surface area (Å²) in [5.74, 6) is 0.450. The van der Waals surface area contributed by atoms with Gasteiger partial charge in [-0.2, -0.15) is 0 Å². The number of nitrogens with one attached hydrogen (secondary N) is 1. The number of oxazole rings is 1. The molecule has 0 radical (unpaired) electrons. The SMILES string of the molecule is CCCC[C@H](N)C(=O)Nc1ccc2oc(C)nc2c1. The molecule has 102 valence electrons. The molecule has 1 atom stereocenters. The molecule has 19 heavy (non-hydrogen) atoms. The van der Waals surface area contributed by atoms with E-state index in [9.17, 15) is 4.79 Å². The van der Waals surface area contributed by atoms with Crippen LogP contribution in [0.1, 0.15) is 32.1 Å². The number of nitrogens with two attached hydrogens (primary N) is 1. The molecule has 0 fully saturated rings. The third kappa shape index (κ3) is 3.32. The lowest BCUT2D eigenvalue weighted by Gasteiger charge is -2.11. The van der Waals surface area contributed by atoms with E-state index in [2.05, 4.69) is 17.2 Å². The zero-order chi connectivity index (χ0) is 13.8. The number of rotatable bonds is 5. The molecule has 0 spiro atoms. The fourth-order valence-corrected chi connectivity index (χ4v) is 1.91. The van der Waals surface area contributed by atoms with Crippen LogP contribution >= 0.6 is 0 Å². The van der Waals surface area contributed by atoms with Crippen LogP contribution in [0, 0.1) is 6.92 Å². The van der Waals surface area contributed by atoms with E-state index < -0.39 is 6.04 Å². The van der Waals surface area contributed by atoms with Gasteiger partial charge in [0.15, 0.2) is 11.5 Å². The lowest BCUT2D eigenvalue weighted by atomic mass is 10.1. The van der Waals surface area contributed by atoms with E-state index in [0.29, 0.717) is 23.6 Å². The van der Waals surface area contributed by atoms with Crippen LogP contribution in [0.2, 0.25) is 0 Å². The molecule has 2 aromatic rings. The van der Waals surface area contributed by atoms with Crippen molar-refractivity contribution >= 4 is 22.7 Å². The Morgan fingerprint density at radius 3 is 3.05 bits per heavy atom. The monoisotopic (exact) mass is 261 g/mol. The number of carbonyl (C=O) groups excluding carboxylic acids is 1. The number of anilines is 1. The molecular weight excluding hydrogens is 242 g/mol. The predicted octanol–water partition coefficient (Wildman–Crippen LogP) is 2.59. The molecule has 1 amide bonds. The maximum absolute atomic E-state index is 11.9. The fraction of sp³-hybridized carbons (Fsp3) is 0.429. The minimum absolute atomic E-state index is 0.159. The van der Waals surface area contributed by atoms with Gasteiger partial charge in [-0.05, 0) is 24.6 Å². The Kier molecular flexibility index (Phi) is 4.16. The molecule has 0 aliphatic carbocycles. The van der Waals surface area contributed by atoms with Gasteiger partial charge in [0.1, 0.15) is 5.52 Å². The molecule has 1 heterocycles. The molecule has 5 nitrogen and oxygen atoms in total. The third-order valence-corrected chi connectivity index (χ3v) is 2.97. The van der Waals surface area contributed by atoms with Gasteiger partial charge in [-0.3, -0.25) is 4.79 Å². The van der Waals surface area contributed by atoms with Crippen molar-refractivity contribution < 1.29 is 9.21 Å². The van der Waals surface area contributed by atoms with E-state index in [4.69, 9.17) is 10.2 Å². The Morgan fingerprint density at radius 1 is 1.53 bits per heavy atom. The van der Waals surface area contributed by atoms with E-state index >= 15 is 0 Å². The first-order valence-electron chi connectivity index (χ1n) is 6.53. The number of hydrogen-bond acceptors (Lipinski definition) is 4. The van der Waals surface area contributed by atoms with E-state index in [1.165, 1.54) is 0 Å². The second kappa shape index (κ2) is 5.84. The van der Waals surface area contributed by atoms with Crippen LogP contribution in [-0.4, -0.2) is 16.9 Å². The molecule has 0 aliphatic heterocycles. The highest BCUT2D eigenvalue weighted by Crippen LogP contribution is 2.19. The van der Waals surface area contributed by atoms with Crippen LogP contribution in [0.25, 0.3) is 11.1 Å². The van der Waals surface area contributed by atoms with Crippen molar-refractivity contribution in [3.63, 3.8) is 0 Å². The number of hydrogen-bond donors (Lipinski definition) is 2. The van der Waals surface area contributed by atoms with Crippen molar-refractivity contribution in [3.8, 4) is 0 Å². The van der Waals surface area contributed by atoms with Crippen LogP contribution in [-0.2, 0) is 4.79 Å². The van der Waals surface area contributed by atoms with Crippen LogP contribution < -0.4 is 11.1 Å². The summed E-state index contributed by atoms with van der Waals surface area (Å²) in [6, 6.07) is 4.91. The van der Waals surface area contributed by atoms with Crippen molar-refractivity contribution in [2.24, 2.45) is 5.73 Å². The minimum atomic E-state index is -0.463. The third-order valence-electron chi connectivity index (χ3n) is 2.97. The predicted molar refractivity (Wildman–Crippen MR) is 74.9 cm³/mol. The normalized spacial score (nSPS) is 12.6. The second-order valence-corrected chi connectivity index (χ2v) is 4.65. The molecular formula is C14H19N3O2. The average Bonchev–Trinajstić information content (AvgIpc) is 2.75. The van der Waals surface area contributed by atoms with E-state index in [1.807, 2.05) is 0 Å². The number of aromatic nitrogens is 1. The van der Waals surface area contributed by atoms with E-state index in [-0.39, 0.29) is 5.91 Å². The highest BCUT2D eigenvalue weighted by molar-refractivity contribution is 5.96. The first kappa shape index (κ1) is 13.5. The van der Waals surface area contributed by atoms with Gasteiger partial charge in [0.05, 0.1) is 6.04 Å². The summed E-state index contributed by atoms with van der Waals surface area (Å²) in [5, 5.41) is 2.81. The Hall–Kier alpha value is -1.88. The zero-order valence-corrected chi connectivity index (χ0v) is 11.3. The molecule has 1 aromatic carbocycles. The molecule has 5 heteroatoms. The number of unbranched alkanes of at least 4 members (excludes halogenated alkanes) is 1. The highest BCUT2D eigenvalue weighted by Gasteiger charge is 2.13. The Bertz CT molecular complexity index is 577. The lowest BCUT2D eigenvalue weighted by molar-refractivity contribution is -0.117. The molecule has 2 rings (SSSR count). The maximum atomic E-state index is 11.9. The summed E-state index contributed by atoms with van der Waals surface area (Å²) in [4.78, 5) is 16.1. The molecule has 0 bridgehead atoms. The van der Waals surface area contributed by atoms with Crippen LogP contribution in [0.3, 0.4) is 0 Å². The van der Waals surface area contributed by atoms with Gasteiger partial charge in [-0.1, -0.05) is 19.8 Å². The number of amides is 1. The number of aryl methyl sites for hydroxylation is 1. The number of benzene rings is 1. The molecule has 3 N–H and O–H groups in total. The summed E-state index contributed by atoms with van der Waals surface area (Å²) >= 11 is 0. The second-order valence-electron chi connectivity index (χ2n) is 4.65. The van der Waals surface area contributed by atoms with Crippen LogP contribution in [0.5, 0.6) is 0 Å². The quantitative estimate of drug-likeness (QED) is 0.866. The number of carbonyl (C=O) groups is 1. The summed E-state index contributed by atoms with van der Waals surface area (Å²) in [7, 11) is 0. The van der Waals surface area contributed by atoms with Crippen molar-refractivity contribution in [2.75, 3.05) is 5.32 Å². The smallest absolute Gasteiger partial charge is 0.241 e. The first-order chi connectivity index (χ1) is 9.10. The zero-order valence-electron chi connectivity index (χ0n) is 11.3. The average molecular weight is 261 g/mol. The van der Waals surface area contributed by atoms with Gasteiger partial charge in [0.25, 0.3) is 0 Å². The van der Waals surface area contributed by atoms with Gasteiger partial charge in [-0.15, -0.1) is 0 Å². The Labute approximate surface area is 112 Å². The lowest BCUT2D eigenvalue weighted by Crippen LogP contribution is -2.35. The Morgan fingerprint density at radius 2 is 2.32 bits per heavy atom. The standard InChI is InChI=1S/C14H19N3O2/c1-3-4-5-11(15)14(18)17-10-6-7-13-12(8-10)16-9(2)19-13/h6-8,11H,3-5,15H2,1-2H3,(H,17,18)/t11-/m0/s1. The minimum Gasteiger partial charge on any atom is -0.441 e. The van der Waals surface area contributed by atoms with Crippen molar-refractivity contribution in [1.29, 1.82) is 0 Å². The van der Waals surface area contributed by atoms with Crippen LogP contribution in [0.4, 0.5) is 5.69 Å². The maximum Gasteiger partial charge on any atom is 0.241 e. The van der Waals surface area contributed by atoms with Crippen LogP contribution in [0.15, 0.2) is 22.6 Å². The first-order valence-corrected chi connectivity index (χ1v) is 6.53. The molecule has 1 aromatic heterocycles. The van der Waals surface area contributed by atoms with E-state index in [1.54, 1.807) is 25.1 Å². The molecule has 0 unspecified atom stereocenters. The van der Waals surface area contributed by atoms with Crippen molar-refractivity contribution in [2.45, 2.75) is 39.2 Å². The largest absolute Gasteiger partial charge is 0.441 e. The van der Waals surface area contributed by atoms with Gasteiger partial charge in [0.2, 0.25) is 5.91 Å². The summed E-state index contributed by atoms with van der Waals surface area (Å²) < 4.78 is 5.38. The Balaban J connectivity index is 2.06. The van der Waals surface area contributed by atoms with E-state index in [0.717, 1.165) is 18.4 Å². The molecule has 0 aliphatic rings. The highest BCUT2D eigenvalue weighted by atomic mass is 16.3. The van der Waals surface area contributed by atoms with Gasteiger partial charge < -0.3 is 15.5 Å². The summed E-state index contributed by atoms with van der Waals surface area (Å²) in [5.41, 5.74) is 7.96. The summed E-state index contributed by atoms with van der Waals surface area (Å²) in [6.07, 6.45) is 2.69. The van der Waals surface area contributed by atoms with Crippen molar-refractivity contribution in [1.82, 2.24) is 4.98 Å². The van der Waals surface area contributed by atoms with Crippen molar-refractivity contribution in [3.05, 3.63) is 24.1 Å². The van der Waals surface area contributed by atoms with Gasteiger partial charge in [-0.25, -0.2) is 4.98 Å².